The highest BCUT2D eigenvalue weighted by molar-refractivity contribution is 5.75. The number of halogens is 3. The molecule has 112 valence electrons. The lowest BCUT2D eigenvalue weighted by molar-refractivity contribution is -0.174. The predicted octanol–water partition coefficient (Wildman–Crippen LogP) is 2.03. The summed E-state index contributed by atoms with van der Waals surface area (Å²) in [5.41, 5.74) is 0. The molecule has 1 rings (SSSR count). The zero-order valence-corrected chi connectivity index (χ0v) is 10.8. The van der Waals surface area contributed by atoms with E-state index in [9.17, 15) is 18.0 Å². The van der Waals surface area contributed by atoms with Crippen LogP contribution < -0.4 is 5.32 Å². The molecule has 1 aliphatic rings. The molecule has 7 heteroatoms. The Bertz CT molecular complexity index is 265. The van der Waals surface area contributed by atoms with Crippen molar-refractivity contribution in [1.82, 2.24) is 5.32 Å². The normalized spacial score (nSPS) is 19.6. The van der Waals surface area contributed by atoms with Crippen LogP contribution in [0, 0.1) is 0 Å². The molecule has 0 aromatic rings. The maximum Gasteiger partial charge on any atom is 0.411 e. The molecular formula is C12H20F3NO3. The Morgan fingerprint density at radius 1 is 1.42 bits per heavy atom. The Balaban J connectivity index is 1.89. The van der Waals surface area contributed by atoms with Crippen molar-refractivity contribution in [3.63, 3.8) is 0 Å². The van der Waals surface area contributed by atoms with Crippen molar-refractivity contribution in [3.8, 4) is 0 Å². The molecular weight excluding hydrogens is 263 g/mol. The van der Waals surface area contributed by atoms with Crippen LogP contribution in [0.5, 0.6) is 0 Å². The first-order valence-electron chi connectivity index (χ1n) is 6.50. The SMILES string of the molecule is O=C(CCC1CCCO1)NCCCOCC(F)(F)F. The van der Waals surface area contributed by atoms with Crippen LogP contribution in [0.15, 0.2) is 0 Å². The van der Waals surface area contributed by atoms with Crippen LogP contribution in [0.25, 0.3) is 0 Å². The third-order valence-electron chi connectivity index (χ3n) is 2.77. The summed E-state index contributed by atoms with van der Waals surface area (Å²) in [6.45, 7) is -0.142. The number of hydrogen-bond acceptors (Lipinski definition) is 3. The first-order chi connectivity index (χ1) is 8.97. The number of ether oxygens (including phenoxy) is 2. The maximum absolute atomic E-state index is 11.7. The monoisotopic (exact) mass is 283 g/mol. The van der Waals surface area contributed by atoms with E-state index >= 15 is 0 Å². The first-order valence-corrected chi connectivity index (χ1v) is 6.50. The highest BCUT2D eigenvalue weighted by atomic mass is 19.4. The first kappa shape index (κ1) is 16.2. The summed E-state index contributed by atoms with van der Waals surface area (Å²) in [5.74, 6) is -0.0914. The van der Waals surface area contributed by atoms with Gasteiger partial charge in [0.05, 0.1) is 6.10 Å². The van der Waals surface area contributed by atoms with Gasteiger partial charge in [0, 0.05) is 26.2 Å². The molecule has 1 atom stereocenters. The van der Waals surface area contributed by atoms with Crippen LogP contribution in [0.1, 0.15) is 32.1 Å². The van der Waals surface area contributed by atoms with Crippen LogP contribution in [-0.2, 0) is 14.3 Å². The van der Waals surface area contributed by atoms with Crippen molar-refractivity contribution >= 4 is 5.91 Å². The predicted molar refractivity (Wildman–Crippen MR) is 62.7 cm³/mol. The molecule has 0 bridgehead atoms. The average Bonchev–Trinajstić information content (AvgIpc) is 2.82. The molecule has 0 aromatic carbocycles. The van der Waals surface area contributed by atoms with Gasteiger partial charge in [-0.25, -0.2) is 0 Å². The standard InChI is InChI=1S/C12H20F3NO3/c13-12(14,15)9-18-7-2-6-16-11(17)5-4-10-3-1-8-19-10/h10H,1-9H2,(H,16,17). The van der Waals surface area contributed by atoms with Crippen LogP contribution >= 0.6 is 0 Å². The van der Waals surface area contributed by atoms with Crippen LogP contribution in [-0.4, -0.2) is 44.6 Å². The van der Waals surface area contributed by atoms with Gasteiger partial charge in [0.2, 0.25) is 5.91 Å². The zero-order valence-electron chi connectivity index (χ0n) is 10.8. The van der Waals surface area contributed by atoms with Gasteiger partial charge in [-0.15, -0.1) is 0 Å². The number of carbonyl (C=O) groups is 1. The lowest BCUT2D eigenvalue weighted by atomic mass is 10.1. The lowest BCUT2D eigenvalue weighted by Gasteiger charge is -2.10. The molecule has 1 amide bonds. The summed E-state index contributed by atoms with van der Waals surface area (Å²) in [6, 6.07) is 0. The largest absolute Gasteiger partial charge is 0.411 e. The number of carbonyl (C=O) groups excluding carboxylic acids is 1. The van der Waals surface area contributed by atoms with E-state index in [4.69, 9.17) is 4.74 Å². The Labute approximate surface area is 110 Å². The van der Waals surface area contributed by atoms with E-state index in [1.54, 1.807) is 0 Å². The van der Waals surface area contributed by atoms with Crippen molar-refractivity contribution in [3.05, 3.63) is 0 Å². The fourth-order valence-corrected chi connectivity index (χ4v) is 1.84. The van der Waals surface area contributed by atoms with Crippen LogP contribution in [0.4, 0.5) is 13.2 Å². The van der Waals surface area contributed by atoms with Crippen LogP contribution in [0.3, 0.4) is 0 Å². The summed E-state index contributed by atoms with van der Waals surface area (Å²) >= 11 is 0. The molecule has 1 N–H and O–H groups in total. The van der Waals surface area contributed by atoms with Crippen molar-refractivity contribution in [2.45, 2.75) is 44.4 Å². The van der Waals surface area contributed by atoms with E-state index < -0.39 is 12.8 Å². The van der Waals surface area contributed by atoms with E-state index in [1.807, 2.05) is 0 Å². The van der Waals surface area contributed by atoms with Gasteiger partial charge in [0.1, 0.15) is 6.61 Å². The van der Waals surface area contributed by atoms with E-state index in [1.165, 1.54) is 0 Å². The van der Waals surface area contributed by atoms with Crippen molar-refractivity contribution in [2.24, 2.45) is 0 Å². The molecule has 0 aliphatic carbocycles. The van der Waals surface area contributed by atoms with Gasteiger partial charge in [0.25, 0.3) is 0 Å². The fraction of sp³-hybridized carbons (Fsp3) is 0.917. The summed E-state index contributed by atoms with van der Waals surface area (Å²) in [7, 11) is 0. The number of amides is 1. The highest BCUT2D eigenvalue weighted by Crippen LogP contribution is 2.16. The van der Waals surface area contributed by atoms with Crippen molar-refractivity contribution < 1.29 is 27.4 Å². The molecule has 1 fully saturated rings. The zero-order chi connectivity index (χ0) is 14.1. The molecule has 1 aliphatic heterocycles. The molecule has 4 nitrogen and oxygen atoms in total. The van der Waals surface area contributed by atoms with E-state index in [0.29, 0.717) is 25.8 Å². The van der Waals surface area contributed by atoms with Gasteiger partial charge in [-0.3, -0.25) is 4.79 Å². The molecule has 1 saturated heterocycles. The van der Waals surface area contributed by atoms with Crippen molar-refractivity contribution in [1.29, 1.82) is 0 Å². The molecule has 0 spiro atoms. The van der Waals surface area contributed by atoms with Crippen LogP contribution in [0.2, 0.25) is 0 Å². The summed E-state index contributed by atoms with van der Waals surface area (Å²) in [6.07, 6.45) is -0.584. The van der Waals surface area contributed by atoms with Gasteiger partial charge in [-0.05, 0) is 25.7 Å². The maximum atomic E-state index is 11.7. The van der Waals surface area contributed by atoms with Gasteiger partial charge >= 0.3 is 6.18 Å². The Morgan fingerprint density at radius 2 is 2.21 bits per heavy atom. The highest BCUT2D eigenvalue weighted by Gasteiger charge is 2.27. The lowest BCUT2D eigenvalue weighted by Crippen LogP contribution is -2.26. The summed E-state index contributed by atoms with van der Waals surface area (Å²) in [4.78, 5) is 11.4. The van der Waals surface area contributed by atoms with Crippen molar-refractivity contribution in [2.75, 3.05) is 26.4 Å². The van der Waals surface area contributed by atoms with Gasteiger partial charge < -0.3 is 14.8 Å². The van der Waals surface area contributed by atoms with Gasteiger partial charge in [-0.2, -0.15) is 13.2 Å². The quantitative estimate of drug-likeness (QED) is 0.693. The fourth-order valence-electron chi connectivity index (χ4n) is 1.84. The van der Waals surface area contributed by atoms with Gasteiger partial charge in [0.15, 0.2) is 0 Å². The average molecular weight is 283 g/mol. The second kappa shape index (κ2) is 8.37. The molecule has 1 heterocycles. The topological polar surface area (TPSA) is 47.6 Å². The minimum absolute atomic E-state index is 0.00841. The second-order valence-corrected chi connectivity index (χ2v) is 4.54. The molecule has 0 aromatic heterocycles. The van der Waals surface area contributed by atoms with E-state index in [-0.39, 0.29) is 18.6 Å². The third-order valence-corrected chi connectivity index (χ3v) is 2.77. The Morgan fingerprint density at radius 3 is 2.84 bits per heavy atom. The van der Waals surface area contributed by atoms with E-state index in [0.717, 1.165) is 19.4 Å². The number of hydrogen-bond donors (Lipinski definition) is 1. The minimum Gasteiger partial charge on any atom is -0.378 e. The third kappa shape index (κ3) is 8.83. The summed E-state index contributed by atoms with van der Waals surface area (Å²) < 4.78 is 45.0. The molecule has 0 saturated carbocycles. The number of rotatable bonds is 8. The Kier molecular flexibility index (Phi) is 7.15. The smallest absolute Gasteiger partial charge is 0.378 e. The molecule has 0 radical (unpaired) electrons. The summed E-state index contributed by atoms with van der Waals surface area (Å²) in [5, 5.41) is 2.65. The number of alkyl halides is 3. The minimum atomic E-state index is -4.29. The second-order valence-electron chi connectivity index (χ2n) is 4.54. The van der Waals surface area contributed by atoms with E-state index in [2.05, 4.69) is 10.1 Å². The Hall–Kier alpha value is -0.820. The van der Waals surface area contributed by atoms with Gasteiger partial charge in [-0.1, -0.05) is 0 Å². The molecule has 19 heavy (non-hydrogen) atoms. The number of nitrogens with one attached hydrogen (secondary N) is 1. The molecule has 1 unspecified atom stereocenters.